The number of pyridine rings is 3. The van der Waals surface area contributed by atoms with Crippen molar-refractivity contribution >= 4 is 23.1 Å². The lowest BCUT2D eigenvalue weighted by Gasteiger charge is -2.08. The van der Waals surface area contributed by atoms with E-state index in [4.69, 9.17) is 9.47 Å². The van der Waals surface area contributed by atoms with Gasteiger partial charge in [-0.15, -0.1) is 0 Å². The molecule has 0 fully saturated rings. The summed E-state index contributed by atoms with van der Waals surface area (Å²) in [5.41, 5.74) is 2.84. The van der Waals surface area contributed by atoms with Crippen LogP contribution < -0.4 is 20.1 Å². The Hall–Kier alpha value is -4.21. The van der Waals surface area contributed by atoms with E-state index in [9.17, 15) is 9.18 Å². The highest BCUT2D eigenvalue weighted by Gasteiger charge is 2.11. The van der Waals surface area contributed by atoms with Crippen molar-refractivity contribution in [2.24, 2.45) is 0 Å². The fraction of sp³-hybridized carbons (Fsp3) is 0.182. The highest BCUT2D eigenvalue weighted by molar-refractivity contribution is 5.92. The Bertz CT molecular complexity index is 1260. The van der Waals surface area contributed by atoms with Crippen LogP contribution >= 0.6 is 0 Å². The quantitative estimate of drug-likeness (QED) is 0.437. The lowest BCUT2D eigenvalue weighted by molar-refractivity contribution is 0.0946. The van der Waals surface area contributed by atoms with Gasteiger partial charge in [0.05, 0.1) is 19.7 Å². The molecule has 0 aromatic carbocycles. The van der Waals surface area contributed by atoms with Gasteiger partial charge in [0, 0.05) is 30.6 Å². The van der Waals surface area contributed by atoms with Crippen LogP contribution in [-0.2, 0) is 0 Å². The maximum absolute atomic E-state index is 12.3. The zero-order chi connectivity index (χ0) is 22.5. The molecule has 0 saturated heterocycles. The van der Waals surface area contributed by atoms with Crippen molar-refractivity contribution in [3.63, 3.8) is 0 Å². The number of carbonyl (C=O) groups is 1. The van der Waals surface area contributed by atoms with Crippen LogP contribution in [-0.4, -0.2) is 52.9 Å². The second kappa shape index (κ2) is 9.29. The van der Waals surface area contributed by atoms with Crippen LogP contribution in [0.25, 0.3) is 16.6 Å². The van der Waals surface area contributed by atoms with E-state index in [0.29, 0.717) is 23.3 Å². The molecule has 9 nitrogen and oxygen atoms in total. The van der Waals surface area contributed by atoms with Gasteiger partial charge in [-0.05, 0) is 35.9 Å². The smallest absolute Gasteiger partial charge is 0.270 e. The number of fused-ring (bicyclic) bond motifs is 1. The van der Waals surface area contributed by atoms with E-state index in [1.807, 2.05) is 30.5 Å². The second-order valence-electron chi connectivity index (χ2n) is 6.73. The summed E-state index contributed by atoms with van der Waals surface area (Å²) in [6.07, 6.45) is 3.55. The average molecular weight is 436 g/mol. The third-order valence-electron chi connectivity index (χ3n) is 4.65. The third kappa shape index (κ3) is 4.43. The standard InChI is InChI=1S/C22H21FN6O3/c1-31-18-11-15(13-25-22(18)32-2)14-6-9-29-16(10-14)12-20(28-29)27-19-5-3-4-17(26-19)21(30)24-8-7-23/h3-6,9-13H,7-8H2,1-2H3,(H,24,30)(H,26,27,28). The number of hydrogen-bond acceptors (Lipinski definition) is 7. The SMILES string of the molecule is COc1cc(-c2ccn3nc(Nc4cccc(C(=O)NCCF)n4)cc3c2)cnc1OC. The van der Waals surface area contributed by atoms with Crippen molar-refractivity contribution in [1.82, 2.24) is 24.9 Å². The molecule has 0 aliphatic carbocycles. The van der Waals surface area contributed by atoms with E-state index in [1.54, 1.807) is 43.1 Å². The first-order chi connectivity index (χ1) is 15.6. The number of hydrogen-bond donors (Lipinski definition) is 2. The first kappa shape index (κ1) is 21.0. The van der Waals surface area contributed by atoms with Crippen molar-refractivity contribution in [1.29, 1.82) is 0 Å². The largest absolute Gasteiger partial charge is 0.491 e. The molecule has 0 saturated carbocycles. The first-order valence-electron chi connectivity index (χ1n) is 9.77. The number of carbonyl (C=O) groups excluding carboxylic acids is 1. The van der Waals surface area contributed by atoms with Crippen LogP contribution in [0, 0.1) is 0 Å². The number of rotatable bonds is 8. The molecule has 0 atom stereocenters. The molecule has 4 aromatic heterocycles. The lowest BCUT2D eigenvalue weighted by atomic mass is 10.1. The van der Waals surface area contributed by atoms with E-state index in [0.717, 1.165) is 16.6 Å². The normalized spacial score (nSPS) is 10.7. The van der Waals surface area contributed by atoms with Crippen LogP contribution in [0.3, 0.4) is 0 Å². The predicted octanol–water partition coefficient (Wildman–Crippen LogP) is 3.25. The zero-order valence-corrected chi connectivity index (χ0v) is 17.5. The molecular formula is C22H21FN6O3. The molecule has 10 heteroatoms. The van der Waals surface area contributed by atoms with Crippen molar-refractivity contribution in [2.45, 2.75) is 0 Å². The molecule has 0 radical (unpaired) electrons. The van der Waals surface area contributed by atoms with Crippen molar-refractivity contribution < 1.29 is 18.7 Å². The van der Waals surface area contributed by atoms with E-state index < -0.39 is 12.6 Å². The molecule has 2 N–H and O–H groups in total. The topological polar surface area (TPSA) is 103 Å². The Labute approximate surface area is 183 Å². The molecule has 0 bridgehead atoms. The van der Waals surface area contributed by atoms with Crippen LogP contribution in [0.4, 0.5) is 16.0 Å². The summed E-state index contributed by atoms with van der Waals surface area (Å²) >= 11 is 0. The summed E-state index contributed by atoms with van der Waals surface area (Å²) in [6.45, 7) is -0.686. The van der Waals surface area contributed by atoms with E-state index in [2.05, 4.69) is 25.7 Å². The molecule has 0 unspecified atom stereocenters. The maximum atomic E-state index is 12.3. The minimum absolute atomic E-state index is 0.0530. The van der Waals surface area contributed by atoms with Gasteiger partial charge in [-0.25, -0.2) is 18.9 Å². The molecule has 164 valence electrons. The number of methoxy groups -OCH3 is 2. The molecule has 1 amide bonds. The average Bonchev–Trinajstić information content (AvgIpc) is 3.23. The minimum Gasteiger partial charge on any atom is -0.491 e. The molecule has 4 rings (SSSR count). The summed E-state index contributed by atoms with van der Waals surface area (Å²) < 4.78 is 24.5. The molecule has 32 heavy (non-hydrogen) atoms. The van der Waals surface area contributed by atoms with Crippen molar-refractivity contribution in [3.05, 3.63) is 60.6 Å². The van der Waals surface area contributed by atoms with Gasteiger partial charge in [-0.1, -0.05) is 6.07 Å². The summed E-state index contributed by atoms with van der Waals surface area (Å²) in [7, 11) is 3.10. The first-order valence-corrected chi connectivity index (χ1v) is 9.77. The van der Waals surface area contributed by atoms with E-state index in [1.165, 1.54) is 0 Å². The van der Waals surface area contributed by atoms with Gasteiger partial charge in [0.15, 0.2) is 11.6 Å². The number of halogens is 1. The summed E-state index contributed by atoms with van der Waals surface area (Å²) in [6, 6.07) is 12.6. The Balaban J connectivity index is 1.57. The maximum Gasteiger partial charge on any atom is 0.270 e. The molecule has 4 aromatic rings. The van der Waals surface area contributed by atoms with Crippen molar-refractivity contribution in [3.8, 4) is 22.8 Å². The van der Waals surface area contributed by atoms with Crippen LogP contribution in [0.2, 0.25) is 0 Å². The minimum atomic E-state index is -0.633. The highest BCUT2D eigenvalue weighted by atomic mass is 19.1. The van der Waals surface area contributed by atoms with Gasteiger partial charge in [-0.2, -0.15) is 5.10 Å². The van der Waals surface area contributed by atoms with Crippen LogP contribution in [0.5, 0.6) is 11.6 Å². The highest BCUT2D eigenvalue weighted by Crippen LogP contribution is 2.30. The predicted molar refractivity (Wildman–Crippen MR) is 117 cm³/mol. The van der Waals surface area contributed by atoms with Gasteiger partial charge in [-0.3, -0.25) is 4.79 Å². The summed E-state index contributed by atoms with van der Waals surface area (Å²) in [5.74, 6) is 1.53. The third-order valence-corrected chi connectivity index (χ3v) is 4.65. The molecule has 0 aliphatic heterocycles. The van der Waals surface area contributed by atoms with Gasteiger partial charge < -0.3 is 20.1 Å². The van der Waals surface area contributed by atoms with Crippen molar-refractivity contribution in [2.75, 3.05) is 32.8 Å². The molecule has 0 aliphatic rings. The van der Waals surface area contributed by atoms with Crippen LogP contribution in [0.15, 0.2) is 54.9 Å². The summed E-state index contributed by atoms with van der Waals surface area (Å²) in [5, 5.41) is 10.0. The van der Waals surface area contributed by atoms with E-state index >= 15 is 0 Å². The van der Waals surface area contributed by atoms with Gasteiger partial charge in [0.25, 0.3) is 11.8 Å². The number of alkyl halides is 1. The molecular weight excluding hydrogens is 415 g/mol. The Morgan fingerprint density at radius 3 is 2.75 bits per heavy atom. The monoisotopic (exact) mass is 436 g/mol. The fourth-order valence-electron chi connectivity index (χ4n) is 3.14. The number of amides is 1. The Morgan fingerprint density at radius 2 is 1.97 bits per heavy atom. The number of ether oxygens (including phenoxy) is 2. The number of aromatic nitrogens is 4. The fourth-order valence-corrected chi connectivity index (χ4v) is 3.14. The molecule has 0 spiro atoms. The lowest BCUT2D eigenvalue weighted by Crippen LogP contribution is -2.26. The second-order valence-corrected chi connectivity index (χ2v) is 6.73. The Kier molecular flexibility index (Phi) is 6.11. The van der Waals surface area contributed by atoms with Gasteiger partial charge in [0.1, 0.15) is 18.2 Å². The Morgan fingerprint density at radius 1 is 1.09 bits per heavy atom. The number of nitrogens with zero attached hydrogens (tertiary/aromatic N) is 4. The summed E-state index contributed by atoms with van der Waals surface area (Å²) in [4.78, 5) is 20.5. The van der Waals surface area contributed by atoms with E-state index in [-0.39, 0.29) is 12.2 Å². The van der Waals surface area contributed by atoms with Gasteiger partial charge >= 0.3 is 0 Å². The number of nitrogens with one attached hydrogen (secondary N) is 2. The zero-order valence-electron chi connectivity index (χ0n) is 17.5. The number of anilines is 2. The van der Waals surface area contributed by atoms with Gasteiger partial charge in [0.2, 0.25) is 0 Å². The van der Waals surface area contributed by atoms with Crippen LogP contribution in [0.1, 0.15) is 10.5 Å². The molecule has 4 heterocycles.